The fraction of sp³-hybridized carbons (Fsp3) is 0.0952. The van der Waals surface area contributed by atoms with Crippen LogP contribution < -0.4 is 0 Å². The highest BCUT2D eigenvalue weighted by molar-refractivity contribution is 6.11. The monoisotopic (exact) mass is 554 g/mol. The summed E-state index contributed by atoms with van der Waals surface area (Å²) in [5.41, 5.74) is 10.7. The first-order chi connectivity index (χ1) is 21.3. The number of hydrogen-bond donors (Lipinski definition) is 0. The summed E-state index contributed by atoms with van der Waals surface area (Å²) in [6.45, 7) is 2.35. The Morgan fingerprint density at radius 1 is 0.581 bits per heavy atom. The van der Waals surface area contributed by atoms with Crippen LogP contribution in [-0.2, 0) is 6.42 Å². The Morgan fingerprint density at radius 2 is 1.16 bits per heavy atom. The number of fused-ring (bicyclic) bond motifs is 3. The fourth-order valence-corrected chi connectivity index (χ4v) is 6.48. The summed E-state index contributed by atoms with van der Waals surface area (Å²) in [7, 11) is 0. The van der Waals surface area contributed by atoms with E-state index in [1.54, 1.807) is 0 Å². The lowest BCUT2D eigenvalue weighted by Gasteiger charge is -2.27. The van der Waals surface area contributed by atoms with Crippen molar-refractivity contribution in [3.05, 3.63) is 197 Å². The average molecular weight is 555 g/mol. The Morgan fingerprint density at radius 3 is 1.86 bits per heavy atom. The average Bonchev–Trinajstić information content (AvgIpc) is 3.45. The Hall–Kier alpha value is -5.14. The van der Waals surface area contributed by atoms with Gasteiger partial charge in [0.25, 0.3) is 0 Å². The van der Waals surface area contributed by atoms with E-state index < -0.39 is 0 Å². The van der Waals surface area contributed by atoms with Crippen molar-refractivity contribution in [2.24, 2.45) is 0 Å². The minimum atomic E-state index is 0.145. The molecule has 0 N–H and O–H groups in total. The molecule has 7 rings (SSSR count). The molecule has 0 aliphatic carbocycles. The molecular weight excluding hydrogens is 520 g/mol. The maximum absolute atomic E-state index is 6.63. The molecule has 0 saturated carbocycles. The quantitative estimate of drug-likeness (QED) is 0.182. The first-order valence-corrected chi connectivity index (χ1v) is 15.1. The lowest BCUT2D eigenvalue weighted by Crippen LogP contribution is -2.11. The molecule has 1 heteroatoms. The molecule has 208 valence electrons. The van der Waals surface area contributed by atoms with Crippen LogP contribution in [0, 0.1) is 0 Å². The molecule has 0 saturated heterocycles. The second kappa shape index (κ2) is 12.0. The highest BCUT2D eigenvalue weighted by atomic mass is 16.3. The molecule has 2 atom stereocenters. The van der Waals surface area contributed by atoms with Crippen LogP contribution in [0.5, 0.6) is 0 Å². The van der Waals surface area contributed by atoms with Gasteiger partial charge in [-0.1, -0.05) is 153 Å². The molecule has 2 unspecified atom stereocenters. The van der Waals surface area contributed by atoms with Gasteiger partial charge in [-0.2, -0.15) is 0 Å². The topological polar surface area (TPSA) is 13.1 Å². The van der Waals surface area contributed by atoms with E-state index in [0.29, 0.717) is 0 Å². The van der Waals surface area contributed by atoms with Crippen molar-refractivity contribution in [3.63, 3.8) is 0 Å². The smallest absolute Gasteiger partial charge is 0.136 e. The van der Waals surface area contributed by atoms with Gasteiger partial charge in [0.1, 0.15) is 11.2 Å². The Kier molecular flexibility index (Phi) is 7.46. The predicted molar refractivity (Wildman–Crippen MR) is 181 cm³/mol. The van der Waals surface area contributed by atoms with Gasteiger partial charge in [-0.3, -0.25) is 0 Å². The van der Waals surface area contributed by atoms with Gasteiger partial charge < -0.3 is 4.42 Å². The Bertz CT molecular complexity index is 1980. The molecule has 0 amide bonds. The zero-order chi connectivity index (χ0) is 29.0. The lowest BCUT2D eigenvalue weighted by molar-refractivity contribution is 0.648. The van der Waals surface area contributed by atoms with E-state index in [2.05, 4.69) is 171 Å². The first kappa shape index (κ1) is 26.7. The normalized spacial score (nSPS) is 13.3. The molecule has 0 spiro atoms. The number of hydrogen-bond acceptors (Lipinski definition) is 1. The zero-order valence-electron chi connectivity index (χ0n) is 24.4. The summed E-state index contributed by atoms with van der Waals surface area (Å²) in [6, 6.07) is 56.4. The van der Waals surface area contributed by atoms with Gasteiger partial charge in [0.05, 0.1) is 0 Å². The van der Waals surface area contributed by atoms with E-state index in [1.807, 2.05) is 0 Å². The maximum atomic E-state index is 6.63. The van der Waals surface area contributed by atoms with Gasteiger partial charge >= 0.3 is 0 Å². The van der Waals surface area contributed by atoms with Crippen molar-refractivity contribution in [1.82, 2.24) is 0 Å². The summed E-state index contributed by atoms with van der Waals surface area (Å²) in [4.78, 5) is 0. The third kappa shape index (κ3) is 5.43. The first-order valence-electron chi connectivity index (χ1n) is 15.1. The summed E-state index contributed by atoms with van der Waals surface area (Å²) in [5.74, 6) is 0.401. The van der Waals surface area contributed by atoms with Gasteiger partial charge in [-0.15, -0.1) is 0 Å². The molecule has 1 aromatic heterocycles. The third-order valence-corrected chi connectivity index (χ3v) is 8.60. The van der Waals surface area contributed by atoms with Crippen LogP contribution in [-0.4, -0.2) is 0 Å². The second-order valence-corrected chi connectivity index (χ2v) is 11.3. The van der Waals surface area contributed by atoms with Crippen LogP contribution >= 0.6 is 0 Å². The second-order valence-electron chi connectivity index (χ2n) is 11.3. The van der Waals surface area contributed by atoms with Gasteiger partial charge in [-0.05, 0) is 69.5 Å². The van der Waals surface area contributed by atoms with Crippen LogP contribution in [0.15, 0.2) is 168 Å². The van der Waals surface area contributed by atoms with Crippen LogP contribution in [0.2, 0.25) is 0 Å². The largest absolute Gasteiger partial charge is 0.456 e. The van der Waals surface area contributed by atoms with E-state index in [4.69, 9.17) is 4.42 Å². The van der Waals surface area contributed by atoms with Crippen LogP contribution in [0.25, 0.3) is 27.5 Å². The minimum absolute atomic E-state index is 0.145. The molecule has 43 heavy (non-hydrogen) atoms. The summed E-state index contributed by atoms with van der Waals surface area (Å²) < 4.78 is 6.63. The van der Waals surface area contributed by atoms with Crippen molar-refractivity contribution in [2.45, 2.75) is 25.2 Å². The molecule has 0 aliphatic rings. The predicted octanol–water partition coefficient (Wildman–Crippen LogP) is 11.2. The summed E-state index contributed by atoms with van der Waals surface area (Å²) in [5, 5.41) is 2.31. The molecule has 0 radical (unpaired) electrons. The third-order valence-electron chi connectivity index (χ3n) is 8.60. The Balaban J connectivity index is 1.50. The number of allylic oxidation sites excluding steroid dienone is 1. The zero-order valence-corrected chi connectivity index (χ0v) is 24.4. The van der Waals surface area contributed by atoms with Crippen LogP contribution in [0.1, 0.15) is 52.1 Å². The number of para-hydroxylation sites is 1. The van der Waals surface area contributed by atoms with Gasteiger partial charge in [0, 0.05) is 16.7 Å². The molecule has 0 fully saturated rings. The molecule has 6 aromatic carbocycles. The van der Waals surface area contributed by atoms with Gasteiger partial charge in [0.2, 0.25) is 0 Å². The molecule has 0 bridgehead atoms. The maximum Gasteiger partial charge on any atom is 0.136 e. The molecule has 7 aromatic rings. The number of furan rings is 1. The van der Waals surface area contributed by atoms with Gasteiger partial charge in [-0.25, -0.2) is 0 Å². The van der Waals surface area contributed by atoms with Crippen molar-refractivity contribution in [3.8, 4) is 0 Å². The van der Waals surface area contributed by atoms with Crippen LogP contribution in [0.4, 0.5) is 0 Å². The molecular formula is C42H34O. The van der Waals surface area contributed by atoms with Crippen LogP contribution in [0.3, 0.4) is 0 Å². The van der Waals surface area contributed by atoms with E-state index in [9.17, 15) is 0 Å². The standard InChI is InChI=1S/C42H34O/c1-30(32-18-8-3-9-19-32)41(34-22-12-5-13-23-34)35-28-38(42-37-24-14-15-25-39(37)43-40(42)29-35)36(33-20-10-4-11-21-33)27-26-31-16-6-2-7-17-31/h2-25,27-30,41H,26H2,1H3/b36-27+. The number of benzene rings is 6. The SMILES string of the molecule is CC(c1ccccc1)C(c1ccccc1)c1cc(/C(=C/Cc2ccccc2)c2ccccc2)c2c(c1)oc1ccccc12. The van der Waals surface area contributed by atoms with E-state index in [1.165, 1.54) is 44.3 Å². The molecule has 1 heterocycles. The van der Waals surface area contributed by atoms with Gasteiger partial charge in [0.15, 0.2) is 0 Å². The fourth-order valence-electron chi connectivity index (χ4n) is 6.48. The molecule has 1 nitrogen and oxygen atoms in total. The van der Waals surface area contributed by atoms with E-state index in [-0.39, 0.29) is 11.8 Å². The summed E-state index contributed by atoms with van der Waals surface area (Å²) >= 11 is 0. The van der Waals surface area contributed by atoms with Crippen molar-refractivity contribution < 1.29 is 4.42 Å². The molecule has 0 aliphatic heterocycles. The highest BCUT2D eigenvalue weighted by Crippen LogP contribution is 2.44. The Labute approximate surface area is 253 Å². The van der Waals surface area contributed by atoms with E-state index >= 15 is 0 Å². The van der Waals surface area contributed by atoms with Crippen molar-refractivity contribution in [2.75, 3.05) is 0 Å². The summed E-state index contributed by atoms with van der Waals surface area (Å²) in [6.07, 6.45) is 3.23. The van der Waals surface area contributed by atoms with Crippen molar-refractivity contribution >= 4 is 27.5 Å². The lowest BCUT2D eigenvalue weighted by atomic mass is 9.77. The highest BCUT2D eigenvalue weighted by Gasteiger charge is 2.26. The minimum Gasteiger partial charge on any atom is -0.456 e. The number of rotatable bonds is 8. The van der Waals surface area contributed by atoms with E-state index in [0.717, 1.165) is 23.0 Å². The van der Waals surface area contributed by atoms with Crippen molar-refractivity contribution in [1.29, 1.82) is 0 Å².